The minimum Gasteiger partial charge on any atom is -0.347 e. The summed E-state index contributed by atoms with van der Waals surface area (Å²) in [4.78, 5) is 34.6. The van der Waals surface area contributed by atoms with Crippen LogP contribution in [-0.2, 0) is 11.3 Å². The zero-order valence-corrected chi connectivity index (χ0v) is 23.7. The third-order valence-electron chi connectivity index (χ3n) is 8.03. The molecule has 2 amide bonds. The molecule has 0 aliphatic heterocycles. The number of aromatic nitrogens is 6. The second-order valence-corrected chi connectivity index (χ2v) is 11.6. The third-order valence-corrected chi connectivity index (χ3v) is 8.03. The highest BCUT2D eigenvalue weighted by atomic mass is 19.4. The fourth-order valence-electron chi connectivity index (χ4n) is 5.47. The van der Waals surface area contributed by atoms with Gasteiger partial charge in [0, 0.05) is 31.7 Å². The van der Waals surface area contributed by atoms with E-state index in [-0.39, 0.29) is 35.9 Å². The van der Waals surface area contributed by atoms with Gasteiger partial charge in [-0.15, -0.1) is 5.10 Å². The van der Waals surface area contributed by atoms with Crippen molar-refractivity contribution in [1.82, 2.24) is 40.0 Å². The molecule has 2 atom stereocenters. The molecule has 2 aliphatic rings. The summed E-state index contributed by atoms with van der Waals surface area (Å²) in [6.45, 7) is -0.650. The summed E-state index contributed by atoms with van der Waals surface area (Å²) in [7, 11) is 0. The molecule has 3 heterocycles. The Bertz CT molecular complexity index is 1500. The molecule has 0 bridgehead atoms. The number of alkyl halides is 8. The van der Waals surface area contributed by atoms with Crippen molar-refractivity contribution < 1.29 is 44.7 Å². The molecule has 45 heavy (non-hydrogen) atoms. The lowest BCUT2D eigenvalue weighted by atomic mass is 9.81. The first kappa shape index (κ1) is 32.5. The van der Waals surface area contributed by atoms with Gasteiger partial charge in [0.2, 0.25) is 17.6 Å². The van der Waals surface area contributed by atoms with Crippen LogP contribution in [0.25, 0.3) is 5.78 Å². The van der Waals surface area contributed by atoms with E-state index in [1.807, 2.05) is 0 Å². The number of hydrogen-bond donors (Lipinski definition) is 2. The number of imidazole rings is 1. The predicted molar refractivity (Wildman–Crippen MR) is 140 cm³/mol. The number of rotatable bonds is 11. The third kappa shape index (κ3) is 8.65. The molecule has 2 fully saturated rings. The van der Waals surface area contributed by atoms with Crippen molar-refractivity contribution in [2.24, 2.45) is 11.8 Å². The van der Waals surface area contributed by atoms with Crippen LogP contribution in [0.3, 0.4) is 0 Å². The summed E-state index contributed by atoms with van der Waals surface area (Å²) < 4.78 is 106. The molecule has 3 aromatic rings. The molecule has 5 rings (SSSR count). The monoisotopic (exact) mass is 650 g/mol. The highest BCUT2D eigenvalue weighted by Crippen LogP contribution is 2.42. The van der Waals surface area contributed by atoms with Gasteiger partial charge in [0.15, 0.2) is 0 Å². The van der Waals surface area contributed by atoms with Crippen LogP contribution >= 0.6 is 0 Å². The molecule has 0 aromatic carbocycles. The van der Waals surface area contributed by atoms with E-state index in [0.717, 1.165) is 23.7 Å². The summed E-state index contributed by atoms with van der Waals surface area (Å²) in [5, 5.41) is 12.5. The predicted octanol–water partition coefficient (Wildman–Crippen LogP) is 5.48. The molecule has 0 radical (unpaired) electrons. The molecule has 3 aromatic heterocycles. The van der Waals surface area contributed by atoms with E-state index < -0.39 is 86.7 Å². The summed E-state index contributed by atoms with van der Waals surface area (Å²) >= 11 is 0. The maximum atomic E-state index is 14.0. The van der Waals surface area contributed by atoms with Crippen LogP contribution < -0.4 is 10.6 Å². The summed E-state index contributed by atoms with van der Waals surface area (Å²) in [5.74, 6) is -4.83. The van der Waals surface area contributed by atoms with Gasteiger partial charge >= 0.3 is 12.4 Å². The molecule has 0 saturated heterocycles. The van der Waals surface area contributed by atoms with Crippen molar-refractivity contribution in [2.75, 3.05) is 0 Å². The number of halogens is 8. The Morgan fingerprint density at radius 1 is 0.911 bits per heavy atom. The van der Waals surface area contributed by atoms with Gasteiger partial charge in [-0.1, -0.05) is 5.21 Å². The molecular formula is C27H30F8N8O2. The van der Waals surface area contributed by atoms with Crippen molar-refractivity contribution in [1.29, 1.82) is 0 Å². The fourth-order valence-corrected chi connectivity index (χ4v) is 5.47. The van der Waals surface area contributed by atoms with Crippen LogP contribution in [0, 0.1) is 11.8 Å². The van der Waals surface area contributed by atoms with Gasteiger partial charge in [-0.2, -0.15) is 26.3 Å². The number of nitrogens with one attached hydrogen (secondary N) is 2. The number of amides is 2. The lowest BCUT2D eigenvalue weighted by Crippen LogP contribution is -2.38. The topological polar surface area (TPSA) is 119 Å². The maximum Gasteiger partial charge on any atom is 0.390 e. The van der Waals surface area contributed by atoms with Crippen molar-refractivity contribution in [3.05, 3.63) is 41.7 Å². The van der Waals surface area contributed by atoms with E-state index in [1.165, 1.54) is 10.6 Å². The minimum atomic E-state index is -4.50. The smallest absolute Gasteiger partial charge is 0.347 e. The van der Waals surface area contributed by atoms with E-state index in [4.69, 9.17) is 0 Å². The highest BCUT2D eigenvalue weighted by Gasteiger charge is 2.40. The second-order valence-electron chi connectivity index (χ2n) is 11.6. The Labute approximate surface area is 251 Å². The number of hydrogen-bond acceptors (Lipinski definition) is 6. The van der Waals surface area contributed by atoms with E-state index in [1.54, 1.807) is 12.3 Å². The lowest BCUT2D eigenvalue weighted by Gasteiger charge is -2.33. The van der Waals surface area contributed by atoms with Crippen LogP contribution in [0.4, 0.5) is 35.1 Å². The number of aryl methyl sites for hydroxylation is 1. The van der Waals surface area contributed by atoms with Gasteiger partial charge in [0.05, 0.1) is 49.1 Å². The fraction of sp³-hybridized carbons (Fsp3) is 0.630. The van der Waals surface area contributed by atoms with Crippen LogP contribution in [0.2, 0.25) is 0 Å². The first-order chi connectivity index (χ1) is 21.1. The first-order valence-electron chi connectivity index (χ1n) is 14.4. The molecule has 0 spiro atoms. The molecule has 2 N–H and O–H groups in total. The van der Waals surface area contributed by atoms with Crippen molar-refractivity contribution in [2.45, 2.75) is 94.7 Å². The zero-order chi connectivity index (χ0) is 32.6. The SMILES string of the molecule is O=C(CCC(F)(F)F)N[C@@H](c1ccn2cc([C@@H](NC(=O)c3cnnn3CCC(F)(F)F)C3CCC(F)(F)CC3)nc2n1)C1CC1. The van der Waals surface area contributed by atoms with E-state index >= 15 is 0 Å². The van der Waals surface area contributed by atoms with Crippen molar-refractivity contribution >= 4 is 17.6 Å². The number of nitrogens with zero attached hydrogens (tertiary/aromatic N) is 6. The van der Waals surface area contributed by atoms with Crippen LogP contribution in [0.1, 0.15) is 91.7 Å². The molecule has 2 aliphatic carbocycles. The first-order valence-corrected chi connectivity index (χ1v) is 14.4. The Hall–Kier alpha value is -3.86. The summed E-state index contributed by atoms with van der Waals surface area (Å²) in [6.07, 6.45) is -7.39. The Morgan fingerprint density at radius 3 is 2.18 bits per heavy atom. The van der Waals surface area contributed by atoms with Gasteiger partial charge < -0.3 is 10.6 Å². The molecule has 0 unspecified atom stereocenters. The number of fused-ring (bicyclic) bond motifs is 1. The van der Waals surface area contributed by atoms with Crippen LogP contribution in [0.5, 0.6) is 0 Å². The highest BCUT2D eigenvalue weighted by molar-refractivity contribution is 5.92. The van der Waals surface area contributed by atoms with E-state index in [0.29, 0.717) is 5.69 Å². The largest absolute Gasteiger partial charge is 0.390 e. The Balaban J connectivity index is 1.39. The maximum absolute atomic E-state index is 14.0. The van der Waals surface area contributed by atoms with Gasteiger partial charge in [0.25, 0.3) is 5.91 Å². The number of carbonyl (C=O) groups excluding carboxylic acids is 2. The summed E-state index contributed by atoms with van der Waals surface area (Å²) in [6, 6.07) is 0.0212. The van der Waals surface area contributed by atoms with Crippen LogP contribution in [0.15, 0.2) is 24.7 Å². The van der Waals surface area contributed by atoms with E-state index in [9.17, 15) is 44.7 Å². The Morgan fingerprint density at radius 2 is 1.53 bits per heavy atom. The molecular weight excluding hydrogens is 620 g/mol. The van der Waals surface area contributed by atoms with Crippen LogP contribution in [-0.4, -0.2) is 59.5 Å². The zero-order valence-electron chi connectivity index (χ0n) is 23.7. The van der Waals surface area contributed by atoms with E-state index in [2.05, 4.69) is 30.9 Å². The van der Waals surface area contributed by atoms with Gasteiger partial charge in [-0.25, -0.2) is 23.4 Å². The number of carbonyl (C=O) groups is 2. The quantitative estimate of drug-likeness (QED) is 0.266. The normalized spacial score (nSPS) is 18.9. The average molecular weight is 651 g/mol. The lowest BCUT2D eigenvalue weighted by molar-refractivity contribution is -0.144. The van der Waals surface area contributed by atoms with Gasteiger partial charge in [0.1, 0.15) is 5.69 Å². The molecule has 246 valence electrons. The standard InChI is InChI=1S/C27H30F8N8O2/c28-25(29)7-3-16(4-8-25)22(40-23(45)19-13-36-41-43(19)12-10-27(33,34)35)18-14-42-11-6-17(37-24(42)38-18)21(15-1-2-15)39-20(44)5-9-26(30,31)32/h6,11,13-16,21-22H,1-5,7-10,12H2,(H,39,44)(H,40,45)/t21-,22+/m1/s1. The average Bonchev–Trinajstić information content (AvgIpc) is 3.52. The van der Waals surface area contributed by atoms with Crippen molar-refractivity contribution in [3.8, 4) is 0 Å². The summed E-state index contributed by atoms with van der Waals surface area (Å²) in [5.41, 5.74) is 0.387. The van der Waals surface area contributed by atoms with Gasteiger partial charge in [-0.05, 0) is 43.6 Å². The second kappa shape index (κ2) is 12.5. The van der Waals surface area contributed by atoms with Crippen molar-refractivity contribution in [3.63, 3.8) is 0 Å². The minimum absolute atomic E-state index is 0.0176. The van der Waals surface area contributed by atoms with Gasteiger partial charge in [-0.3, -0.25) is 14.0 Å². The molecule has 10 nitrogen and oxygen atoms in total. The molecule has 2 saturated carbocycles. The molecule has 18 heteroatoms. The Kier molecular flexibility index (Phi) is 9.04.